The highest BCUT2D eigenvalue weighted by Crippen LogP contribution is 2.17. The van der Waals surface area contributed by atoms with Crippen molar-refractivity contribution < 1.29 is 9.53 Å². The number of hydrogen-bond acceptors (Lipinski definition) is 6. The number of ether oxygens (including phenoxy) is 1. The molecule has 0 atom stereocenters. The molecule has 31 heavy (non-hydrogen) atoms. The van der Waals surface area contributed by atoms with Gasteiger partial charge in [0.25, 0.3) is 5.91 Å². The molecule has 1 aliphatic rings. The predicted octanol–water partition coefficient (Wildman–Crippen LogP) is 3.62. The fourth-order valence-electron chi connectivity index (χ4n) is 3.62. The topological polar surface area (TPSA) is 96.0 Å². The fourth-order valence-corrected chi connectivity index (χ4v) is 3.62. The van der Waals surface area contributed by atoms with Gasteiger partial charge in [0.1, 0.15) is 0 Å². The summed E-state index contributed by atoms with van der Waals surface area (Å²) in [6.45, 7) is 3.22. The van der Waals surface area contributed by atoms with Crippen LogP contribution in [0.1, 0.15) is 46.4 Å². The number of nitrogens with one attached hydrogen (secondary N) is 2. The summed E-state index contributed by atoms with van der Waals surface area (Å²) in [5.74, 6) is 0.169. The van der Waals surface area contributed by atoms with Crippen LogP contribution in [0.25, 0.3) is 12.2 Å². The van der Waals surface area contributed by atoms with Crippen molar-refractivity contribution in [1.29, 1.82) is 0 Å². The fraction of sp³-hybridized carbons (Fsp3) is 0.304. The number of piperidine rings is 1. The lowest BCUT2D eigenvalue weighted by molar-refractivity contribution is 0.102. The van der Waals surface area contributed by atoms with Gasteiger partial charge < -0.3 is 10.1 Å². The first-order chi connectivity index (χ1) is 15.2. The van der Waals surface area contributed by atoms with E-state index in [-0.39, 0.29) is 5.91 Å². The molecule has 0 radical (unpaired) electrons. The number of H-pyrrole nitrogens is 1. The van der Waals surface area contributed by atoms with E-state index in [1.54, 1.807) is 31.6 Å². The van der Waals surface area contributed by atoms with Gasteiger partial charge in [-0.25, -0.2) is 4.98 Å². The number of nitrogens with zero attached hydrogens (tertiary/aromatic N) is 4. The first-order valence-electron chi connectivity index (χ1n) is 10.4. The molecule has 160 valence electrons. The molecule has 2 N–H and O–H groups in total. The maximum absolute atomic E-state index is 12.6. The summed E-state index contributed by atoms with van der Waals surface area (Å²) in [6.07, 6.45) is 14.7. The van der Waals surface area contributed by atoms with Gasteiger partial charge in [-0.2, -0.15) is 5.10 Å². The Morgan fingerprint density at radius 1 is 1.19 bits per heavy atom. The van der Waals surface area contributed by atoms with Gasteiger partial charge in [0.2, 0.25) is 5.88 Å². The van der Waals surface area contributed by atoms with Crippen LogP contribution in [-0.4, -0.2) is 51.2 Å². The third-order valence-corrected chi connectivity index (χ3v) is 5.21. The third kappa shape index (κ3) is 5.55. The molecule has 1 aliphatic heterocycles. The Balaban J connectivity index is 1.42. The Morgan fingerprint density at radius 3 is 2.84 bits per heavy atom. The van der Waals surface area contributed by atoms with Crippen LogP contribution in [-0.2, 0) is 6.54 Å². The van der Waals surface area contributed by atoms with E-state index >= 15 is 0 Å². The van der Waals surface area contributed by atoms with Crippen molar-refractivity contribution in [3.8, 4) is 5.88 Å². The predicted molar refractivity (Wildman–Crippen MR) is 120 cm³/mol. The number of rotatable bonds is 7. The van der Waals surface area contributed by atoms with Gasteiger partial charge in [-0.15, -0.1) is 0 Å². The molecule has 1 saturated heterocycles. The Labute approximate surface area is 181 Å². The van der Waals surface area contributed by atoms with Crippen molar-refractivity contribution in [1.82, 2.24) is 25.1 Å². The van der Waals surface area contributed by atoms with Gasteiger partial charge >= 0.3 is 0 Å². The number of methoxy groups -OCH3 is 1. The second kappa shape index (κ2) is 9.99. The lowest BCUT2D eigenvalue weighted by Crippen LogP contribution is -2.29. The van der Waals surface area contributed by atoms with E-state index in [4.69, 9.17) is 4.74 Å². The Bertz CT molecular complexity index is 1040. The highest BCUT2D eigenvalue weighted by molar-refractivity contribution is 6.05. The highest BCUT2D eigenvalue weighted by Gasteiger charge is 2.14. The van der Waals surface area contributed by atoms with E-state index in [1.807, 2.05) is 24.5 Å². The maximum atomic E-state index is 12.6. The number of amides is 1. The summed E-state index contributed by atoms with van der Waals surface area (Å²) >= 11 is 0. The van der Waals surface area contributed by atoms with Crippen molar-refractivity contribution in [2.45, 2.75) is 25.8 Å². The Morgan fingerprint density at radius 2 is 2.06 bits per heavy atom. The SMILES string of the molecule is COc1ccc(NC(=O)c2n[nH]cc2/C=C/c2cncc(CN3CCCCC3)c2)cn1. The van der Waals surface area contributed by atoms with E-state index in [2.05, 4.69) is 36.4 Å². The van der Waals surface area contributed by atoms with E-state index in [9.17, 15) is 4.79 Å². The molecular formula is C23H26N6O2. The van der Waals surface area contributed by atoms with Crippen molar-refractivity contribution in [2.75, 3.05) is 25.5 Å². The van der Waals surface area contributed by atoms with Crippen LogP contribution in [0.4, 0.5) is 5.69 Å². The lowest BCUT2D eigenvalue weighted by Gasteiger charge is -2.26. The van der Waals surface area contributed by atoms with Crippen molar-refractivity contribution in [3.05, 3.63) is 65.4 Å². The molecule has 8 nitrogen and oxygen atoms in total. The summed E-state index contributed by atoms with van der Waals surface area (Å²) in [6, 6.07) is 5.55. The van der Waals surface area contributed by atoms with Crippen molar-refractivity contribution in [3.63, 3.8) is 0 Å². The number of likely N-dealkylation sites (tertiary alicyclic amines) is 1. The van der Waals surface area contributed by atoms with Crippen molar-refractivity contribution >= 4 is 23.7 Å². The minimum Gasteiger partial charge on any atom is -0.481 e. The second-order valence-electron chi connectivity index (χ2n) is 7.53. The number of aromatic amines is 1. The van der Waals surface area contributed by atoms with Crippen LogP contribution in [0.2, 0.25) is 0 Å². The molecule has 4 rings (SSSR count). The average molecular weight is 419 g/mol. The molecule has 1 fully saturated rings. The minimum absolute atomic E-state index is 0.310. The minimum atomic E-state index is -0.315. The Kier molecular flexibility index (Phi) is 6.68. The van der Waals surface area contributed by atoms with E-state index < -0.39 is 0 Å². The van der Waals surface area contributed by atoms with E-state index in [1.165, 1.54) is 24.8 Å². The highest BCUT2D eigenvalue weighted by atomic mass is 16.5. The first kappa shape index (κ1) is 20.7. The second-order valence-corrected chi connectivity index (χ2v) is 7.53. The quantitative estimate of drug-likeness (QED) is 0.608. The molecule has 0 saturated carbocycles. The lowest BCUT2D eigenvalue weighted by atomic mass is 10.1. The summed E-state index contributed by atoms with van der Waals surface area (Å²) < 4.78 is 5.03. The molecule has 0 aromatic carbocycles. The summed E-state index contributed by atoms with van der Waals surface area (Å²) in [4.78, 5) is 23.6. The number of pyridine rings is 2. The third-order valence-electron chi connectivity index (χ3n) is 5.21. The van der Waals surface area contributed by atoms with Crippen LogP contribution in [0, 0.1) is 0 Å². The molecule has 0 unspecified atom stereocenters. The maximum Gasteiger partial charge on any atom is 0.276 e. The van der Waals surface area contributed by atoms with Gasteiger partial charge in [-0.05, 0) is 49.2 Å². The number of carbonyl (C=O) groups is 1. The largest absolute Gasteiger partial charge is 0.481 e. The van der Waals surface area contributed by atoms with Gasteiger partial charge in [-0.1, -0.05) is 18.6 Å². The van der Waals surface area contributed by atoms with Gasteiger partial charge in [0.15, 0.2) is 5.69 Å². The molecule has 1 amide bonds. The molecule has 3 aromatic heterocycles. The molecular weight excluding hydrogens is 392 g/mol. The zero-order valence-electron chi connectivity index (χ0n) is 17.5. The zero-order chi connectivity index (χ0) is 21.5. The zero-order valence-corrected chi connectivity index (χ0v) is 17.5. The monoisotopic (exact) mass is 418 g/mol. The van der Waals surface area contributed by atoms with E-state index in [0.29, 0.717) is 22.8 Å². The Hall–Kier alpha value is -3.52. The van der Waals surface area contributed by atoms with Gasteiger partial charge in [0.05, 0.1) is 19.0 Å². The summed E-state index contributed by atoms with van der Waals surface area (Å²) in [5, 5.41) is 9.66. The van der Waals surface area contributed by atoms with Crippen LogP contribution >= 0.6 is 0 Å². The molecule has 0 bridgehead atoms. The summed E-state index contributed by atoms with van der Waals surface area (Å²) in [7, 11) is 1.54. The number of hydrogen-bond donors (Lipinski definition) is 2. The van der Waals surface area contributed by atoms with Gasteiger partial charge in [0, 0.05) is 36.8 Å². The molecule has 4 heterocycles. The smallest absolute Gasteiger partial charge is 0.276 e. The van der Waals surface area contributed by atoms with Crippen LogP contribution in [0.3, 0.4) is 0 Å². The van der Waals surface area contributed by atoms with Crippen molar-refractivity contribution in [2.24, 2.45) is 0 Å². The molecule has 0 aliphatic carbocycles. The standard InChI is InChI=1S/C23H26N6O2/c1-31-21-8-7-20(15-25-21)27-23(30)22-19(14-26-28-22)6-5-17-11-18(13-24-12-17)16-29-9-3-2-4-10-29/h5-8,11-15H,2-4,9-10,16H2,1H3,(H,26,28)(H,27,30)/b6-5+. The number of carbonyl (C=O) groups excluding carboxylic acids is 1. The van der Waals surface area contributed by atoms with E-state index in [0.717, 1.165) is 25.2 Å². The molecule has 3 aromatic rings. The average Bonchev–Trinajstić information content (AvgIpc) is 3.28. The normalized spacial score (nSPS) is 14.6. The number of aromatic nitrogens is 4. The first-order valence-corrected chi connectivity index (χ1v) is 10.4. The molecule has 0 spiro atoms. The van der Waals surface area contributed by atoms with Crippen LogP contribution in [0.5, 0.6) is 5.88 Å². The number of anilines is 1. The molecule has 8 heteroatoms. The van der Waals surface area contributed by atoms with Crippen LogP contribution in [0.15, 0.2) is 43.0 Å². The summed E-state index contributed by atoms with van der Waals surface area (Å²) in [5.41, 5.74) is 3.76. The van der Waals surface area contributed by atoms with Gasteiger partial charge in [-0.3, -0.25) is 19.8 Å². The van der Waals surface area contributed by atoms with Crippen LogP contribution < -0.4 is 10.1 Å².